The molecule has 3 heterocycles. The molecule has 2 aromatic heterocycles. The van der Waals surface area contributed by atoms with Gasteiger partial charge in [0.2, 0.25) is 5.91 Å². The number of aryl methyl sites for hydroxylation is 1. The first kappa shape index (κ1) is 20.1. The minimum atomic E-state index is 0.000261. The zero-order valence-electron chi connectivity index (χ0n) is 17.4. The van der Waals surface area contributed by atoms with Crippen LogP contribution in [0.2, 0.25) is 0 Å². The van der Waals surface area contributed by atoms with Gasteiger partial charge < -0.3 is 9.64 Å². The number of nitrogens with zero attached hydrogens (tertiary/aromatic N) is 3. The van der Waals surface area contributed by atoms with Crippen LogP contribution in [-0.4, -0.2) is 46.0 Å². The summed E-state index contributed by atoms with van der Waals surface area (Å²) in [4.78, 5) is 20.5. The maximum absolute atomic E-state index is 12.7. The van der Waals surface area contributed by atoms with E-state index in [0.717, 1.165) is 42.1 Å². The van der Waals surface area contributed by atoms with E-state index in [1.807, 2.05) is 18.7 Å². The average Bonchev–Trinajstić information content (AvgIpc) is 3.43. The van der Waals surface area contributed by atoms with E-state index in [4.69, 9.17) is 9.72 Å². The molecule has 0 N–H and O–H groups in total. The summed E-state index contributed by atoms with van der Waals surface area (Å²) in [5.41, 5.74) is 4.57. The second-order valence-electron chi connectivity index (χ2n) is 8.20. The fourth-order valence-corrected chi connectivity index (χ4v) is 4.72. The summed E-state index contributed by atoms with van der Waals surface area (Å²) in [7, 11) is 0. The van der Waals surface area contributed by atoms with Gasteiger partial charge in [0, 0.05) is 54.9 Å². The van der Waals surface area contributed by atoms with E-state index < -0.39 is 0 Å². The first-order valence-corrected chi connectivity index (χ1v) is 11.3. The van der Waals surface area contributed by atoms with E-state index in [0.29, 0.717) is 13.1 Å². The lowest BCUT2D eigenvalue weighted by Crippen LogP contribution is -2.41. The molecule has 1 atom stereocenters. The van der Waals surface area contributed by atoms with Crippen LogP contribution in [0.5, 0.6) is 0 Å². The van der Waals surface area contributed by atoms with Crippen molar-refractivity contribution in [2.75, 3.05) is 19.7 Å². The molecule has 1 unspecified atom stereocenters. The van der Waals surface area contributed by atoms with Gasteiger partial charge in [-0.3, -0.25) is 9.20 Å². The molecular weight excluding hydrogens is 382 g/mol. The van der Waals surface area contributed by atoms with E-state index in [1.165, 1.54) is 11.3 Å². The van der Waals surface area contributed by atoms with Crippen molar-refractivity contribution >= 4 is 22.2 Å². The number of hydrogen-bond donors (Lipinski definition) is 0. The molecule has 1 aliphatic heterocycles. The SMILES string of the molecule is Cc1ccc(-c2cn3c(CCN(CC4CCCO4)C(=O)C(C)C)csc3n2)cc1. The number of aromatic nitrogens is 2. The van der Waals surface area contributed by atoms with Crippen molar-refractivity contribution in [1.29, 1.82) is 0 Å². The number of hydrogen-bond acceptors (Lipinski definition) is 4. The number of amides is 1. The fourth-order valence-electron chi connectivity index (χ4n) is 3.81. The first-order valence-electron chi connectivity index (χ1n) is 10.4. The van der Waals surface area contributed by atoms with Crippen molar-refractivity contribution < 1.29 is 9.53 Å². The molecule has 1 aromatic carbocycles. The maximum atomic E-state index is 12.7. The summed E-state index contributed by atoms with van der Waals surface area (Å²) >= 11 is 1.66. The Kier molecular flexibility index (Phi) is 6.01. The highest BCUT2D eigenvalue weighted by Gasteiger charge is 2.24. The Labute approximate surface area is 176 Å². The third-order valence-electron chi connectivity index (χ3n) is 5.52. The van der Waals surface area contributed by atoms with Crippen molar-refractivity contribution in [3.05, 3.63) is 47.1 Å². The van der Waals surface area contributed by atoms with Gasteiger partial charge in [0.25, 0.3) is 0 Å². The van der Waals surface area contributed by atoms with Crippen LogP contribution < -0.4 is 0 Å². The predicted octanol–water partition coefficient (Wildman–Crippen LogP) is 4.58. The van der Waals surface area contributed by atoms with Crippen LogP contribution in [0, 0.1) is 12.8 Å². The minimum absolute atomic E-state index is 0.000261. The zero-order valence-corrected chi connectivity index (χ0v) is 18.2. The summed E-state index contributed by atoms with van der Waals surface area (Å²) in [6.07, 6.45) is 5.25. The van der Waals surface area contributed by atoms with E-state index in [9.17, 15) is 4.79 Å². The molecule has 1 fully saturated rings. The molecule has 0 spiro atoms. The quantitative estimate of drug-likeness (QED) is 0.572. The molecule has 3 aromatic rings. The molecule has 0 radical (unpaired) electrons. The van der Waals surface area contributed by atoms with Gasteiger partial charge >= 0.3 is 0 Å². The number of carbonyl (C=O) groups is 1. The van der Waals surface area contributed by atoms with Crippen molar-refractivity contribution in [3.63, 3.8) is 0 Å². The van der Waals surface area contributed by atoms with Gasteiger partial charge in [-0.25, -0.2) is 4.98 Å². The molecule has 5 nitrogen and oxygen atoms in total. The molecule has 0 bridgehead atoms. The lowest BCUT2D eigenvalue weighted by Gasteiger charge is -2.27. The highest BCUT2D eigenvalue weighted by molar-refractivity contribution is 7.15. The Bertz CT molecular complexity index is 968. The molecule has 6 heteroatoms. The summed E-state index contributed by atoms with van der Waals surface area (Å²) < 4.78 is 7.94. The Morgan fingerprint density at radius 2 is 2.14 bits per heavy atom. The zero-order chi connectivity index (χ0) is 20.4. The van der Waals surface area contributed by atoms with Gasteiger partial charge in [-0.05, 0) is 19.8 Å². The standard InChI is InChI=1S/C23H29N3O2S/c1-16(2)22(27)25(13-20-5-4-12-28-20)11-10-19-15-29-23-24-21(14-26(19)23)18-8-6-17(3)7-9-18/h6-9,14-16,20H,4-5,10-13H2,1-3H3. The van der Waals surface area contributed by atoms with E-state index >= 15 is 0 Å². The van der Waals surface area contributed by atoms with Crippen LogP contribution in [0.25, 0.3) is 16.2 Å². The number of ether oxygens (including phenoxy) is 1. The lowest BCUT2D eigenvalue weighted by molar-refractivity contribution is -0.136. The molecule has 0 aliphatic carbocycles. The van der Waals surface area contributed by atoms with Crippen molar-refractivity contribution in [2.24, 2.45) is 5.92 Å². The smallest absolute Gasteiger partial charge is 0.225 e. The third-order valence-corrected chi connectivity index (χ3v) is 6.41. The van der Waals surface area contributed by atoms with Gasteiger partial charge in [-0.15, -0.1) is 11.3 Å². The molecule has 1 aliphatic rings. The van der Waals surface area contributed by atoms with Crippen molar-refractivity contribution in [2.45, 2.75) is 46.1 Å². The average molecular weight is 412 g/mol. The Morgan fingerprint density at radius 1 is 1.34 bits per heavy atom. The van der Waals surface area contributed by atoms with Gasteiger partial charge in [0.05, 0.1) is 11.8 Å². The monoisotopic (exact) mass is 411 g/mol. The third kappa shape index (κ3) is 4.54. The van der Waals surface area contributed by atoms with Crippen LogP contribution in [0.15, 0.2) is 35.8 Å². The van der Waals surface area contributed by atoms with Crippen LogP contribution in [0.1, 0.15) is 37.9 Å². The van der Waals surface area contributed by atoms with Gasteiger partial charge in [-0.2, -0.15) is 0 Å². The second-order valence-corrected chi connectivity index (χ2v) is 9.03. The number of carbonyl (C=O) groups excluding carboxylic acids is 1. The molecule has 4 rings (SSSR count). The van der Waals surface area contributed by atoms with Crippen molar-refractivity contribution in [3.8, 4) is 11.3 Å². The van der Waals surface area contributed by atoms with Crippen LogP contribution in [0.3, 0.4) is 0 Å². The van der Waals surface area contributed by atoms with E-state index in [-0.39, 0.29) is 17.9 Å². The lowest BCUT2D eigenvalue weighted by atomic mass is 10.1. The summed E-state index contributed by atoms with van der Waals surface area (Å²) in [6, 6.07) is 8.46. The highest BCUT2D eigenvalue weighted by atomic mass is 32.1. The predicted molar refractivity (Wildman–Crippen MR) is 117 cm³/mol. The Balaban J connectivity index is 1.49. The van der Waals surface area contributed by atoms with E-state index in [1.54, 1.807) is 11.3 Å². The minimum Gasteiger partial charge on any atom is -0.376 e. The van der Waals surface area contributed by atoms with Crippen LogP contribution in [-0.2, 0) is 16.0 Å². The maximum Gasteiger partial charge on any atom is 0.225 e. The Morgan fingerprint density at radius 3 is 2.83 bits per heavy atom. The number of imidazole rings is 1. The number of benzene rings is 1. The van der Waals surface area contributed by atoms with E-state index in [2.05, 4.69) is 47.2 Å². The summed E-state index contributed by atoms with van der Waals surface area (Å²) in [5, 5.41) is 2.16. The molecular formula is C23H29N3O2S. The molecule has 0 saturated carbocycles. The summed E-state index contributed by atoms with van der Waals surface area (Å²) in [5.74, 6) is 0.207. The molecule has 1 saturated heterocycles. The van der Waals surface area contributed by atoms with Gasteiger partial charge in [0.15, 0.2) is 4.96 Å². The largest absolute Gasteiger partial charge is 0.376 e. The topological polar surface area (TPSA) is 46.8 Å². The number of thiazole rings is 1. The van der Waals surface area contributed by atoms with Crippen molar-refractivity contribution in [1.82, 2.24) is 14.3 Å². The second kappa shape index (κ2) is 8.67. The fraction of sp³-hybridized carbons (Fsp3) is 0.478. The van der Waals surface area contributed by atoms with Gasteiger partial charge in [0.1, 0.15) is 0 Å². The number of rotatable bonds is 7. The first-order chi connectivity index (χ1) is 14.0. The molecule has 1 amide bonds. The highest BCUT2D eigenvalue weighted by Crippen LogP contribution is 2.24. The molecule has 29 heavy (non-hydrogen) atoms. The van der Waals surface area contributed by atoms with Crippen LogP contribution >= 0.6 is 11.3 Å². The van der Waals surface area contributed by atoms with Gasteiger partial charge in [-0.1, -0.05) is 43.7 Å². The summed E-state index contributed by atoms with van der Waals surface area (Å²) in [6.45, 7) is 8.25. The molecule has 154 valence electrons. The number of fused-ring (bicyclic) bond motifs is 1. The Hall–Kier alpha value is -2.18. The normalized spacial score (nSPS) is 16.8. The van der Waals surface area contributed by atoms with Crippen LogP contribution in [0.4, 0.5) is 0 Å².